The van der Waals surface area contributed by atoms with Crippen LogP contribution in [-0.4, -0.2) is 42.0 Å². The van der Waals surface area contributed by atoms with Gasteiger partial charge in [0.2, 0.25) is 11.8 Å². The third-order valence-electron chi connectivity index (χ3n) is 2.55. The van der Waals surface area contributed by atoms with E-state index in [1.165, 1.54) is 0 Å². The molecule has 7 nitrogen and oxygen atoms in total. The fourth-order valence-electron chi connectivity index (χ4n) is 1.44. The van der Waals surface area contributed by atoms with Gasteiger partial charge in [0, 0.05) is 6.42 Å². The molecule has 0 aromatic heterocycles. The Balaban J connectivity index is 3.97. The molecule has 0 aromatic carbocycles. The Morgan fingerprint density at radius 2 is 1.79 bits per heavy atom. The number of nitrogens with one attached hydrogen (secondary N) is 2. The number of carboxylic acid groups (broad SMARTS) is 1. The summed E-state index contributed by atoms with van der Waals surface area (Å²) >= 11 is 0. The van der Waals surface area contributed by atoms with Crippen LogP contribution in [0.5, 0.6) is 0 Å². The molecule has 0 unspecified atom stereocenters. The lowest BCUT2D eigenvalue weighted by Gasteiger charge is -2.17. The van der Waals surface area contributed by atoms with Crippen LogP contribution in [-0.2, 0) is 14.4 Å². The first-order valence-corrected chi connectivity index (χ1v) is 6.37. The number of carbonyl (C=O) groups excluding carboxylic acids is 2. The number of carboxylic acids is 1. The average Bonchev–Trinajstić information content (AvgIpc) is 2.33. The molecule has 0 bridgehead atoms. The maximum Gasteiger partial charge on any atom is 0.326 e. The van der Waals surface area contributed by atoms with Crippen molar-refractivity contribution in [3.8, 4) is 0 Å². The van der Waals surface area contributed by atoms with Crippen LogP contribution in [0, 0.1) is 5.92 Å². The molecular weight excluding hydrogens is 250 g/mol. The lowest BCUT2D eigenvalue weighted by molar-refractivity contribution is -0.143. The van der Waals surface area contributed by atoms with Crippen molar-refractivity contribution in [3.05, 3.63) is 0 Å². The van der Waals surface area contributed by atoms with E-state index < -0.39 is 17.9 Å². The molecule has 1 atom stereocenters. The predicted octanol–water partition coefficient (Wildman–Crippen LogP) is -0.543. The predicted molar refractivity (Wildman–Crippen MR) is 70.3 cm³/mol. The van der Waals surface area contributed by atoms with Gasteiger partial charge in [-0.2, -0.15) is 0 Å². The molecular formula is C12H23N3O4. The van der Waals surface area contributed by atoms with Crippen molar-refractivity contribution in [2.45, 2.75) is 39.2 Å². The summed E-state index contributed by atoms with van der Waals surface area (Å²) in [4.78, 5) is 33.7. The Bertz CT molecular complexity index is 318. The second kappa shape index (κ2) is 9.32. The van der Waals surface area contributed by atoms with E-state index in [9.17, 15) is 14.4 Å². The Hall–Kier alpha value is -1.63. The van der Waals surface area contributed by atoms with Gasteiger partial charge in [-0.15, -0.1) is 0 Å². The van der Waals surface area contributed by atoms with Gasteiger partial charge in [-0.05, 0) is 25.3 Å². The Kier molecular flexibility index (Phi) is 8.52. The van der Waals surface area contributed by atoms with Crippen LogP contribution in [0.25, 0.3) is 0 Å². The van der Waals surface area contributed by atoms with Gasteiger partial charge in [0.05, 0.1) is 6.54 Å². The van der Waals surface area contributed by atoms with Crippen molar-refractivity contribution in [3.63, 3.8) is 0 Å². The highest BCUT2D eigenvalue weighted by atomic mass is 16.4. The summed E-state index contributed by atoms with van der Waals surface area (Å²) in [7, 11) is 0. The molecule has 0 spiro atoms. The molecule has 2 amide bonds. The maximum absolute atomic E-state index is 11.5. The quantitative estimate of drug-likeness (QED) is 0.420. The number of nitrogens with two attached hydrogens (primary N) is 1. The summed E-state index contributed by atoms with van der Waals surface area (Å²) < 4.78 is 0. The molecule has 0 rings (SSSR count). The fourth-order valence-corrected chi connectivity index (χ4v) is 1.44. The molecule has 0 aliphatic rings. The van der Waals surface area contributed by atoms with E-state index in [0.717, 1.165) is 6.42 Å². The van der Waals surface area contributed by atoms with Gasteiger partial charge < -0.3 is 21.5 Å². The Morgan fingerprint density at radius 3 is 2.26 bits per heavy atom. The van der Waals surface area contributed by atoms with Crippen molar-refractivity contribution >= 4 is 17.8 Å². The number of amides is 2. The molecule has 0 radical (unpaired) electrons. The zero-order valence-electron chi connectivity index (χ0n) is 11.4. The van der Waals surface area contributed by atoms with E-state index in [2.05, 4.69) is 10.6 Å². The van der Waals surface area contributed by atoms with Crippen molar-refractivity contribution < 1.29 is 19.5 Å². The van der Waals surface area contributed by atoms with Gasteiger partial charge in [0.25, 0.3) is 0 Å². The zero-order chi connectivity index (χ0) is 14.8. The molecule has 0 fully saturated rings. The molecule has 0 heterocycles. The summed E-state index contributed by atoms with van der Waals surface area (Å²) in [5, 5.41) is 13.7. The minimum absolute atomic E-state index is 0.210. The van der Waals surface area contributed by atoms with Crippen molar-refractivity contribution in [1.29, 1.82) is 0 Å². The normalized spacial score (nSPS) is 12.0. The van der Waals surface area contributed by atoms with Gasteiger partial charge in [-0.3, -0.25) is 9.59 Å². The van der Waals surface area contributed by atoms with E-state index >= 15 is 0 Å². The standard InChI is InChI=1S/C12H23N3O4/c1-8(2)11(12(18)19)15-10(17)7-14-9(16)5-3-4-6-13/h8,11H,3-7,13H2,1-2H3,(H,14,16)(H,15,17)(H,18,19)/t11-/m0/s1. The van der Waals surface area contributed by atoms with Crippen LogP contribution in [0.1, 0.15) is 33.1 Å². The third kappa shape index (κ3) is 8.15. The molecule has 110 valence electrons. The largest absolute Gasteiger partial charge is 0.480 e. The van der Waals surface area contributed by atoms with Crippen LogP contribution in [0.3, 0.4) is 0 Å². The highest BCUT2D eigenvalue weighted by Crippen LogP contribution is 2.01. The highest BCUT2D eigenvalue weighted by molar-refractivity contribution is 5.87. The van der Waals surface area contributed by atoms with Gasteiger partial charge in [0.1, 0.15) is 6.04 Å². The zero-order valence-corrected chi connectivity index (χ0v) is 11.4. The van der Waals surface area contributed by atoms with E-state index in [1.54, 1.807) is 13.8 Å². The van der Waals surface area contributed by atoms with E-state index in [4.69, 9.17) is 10.8 Å². The number of rotatable bonds is 9. The first kappa shape index (κ1) is 17.4. The van der Waals surface area contributed by atoms with Crippen LogP contribution < -0.4 is 16.4 Å². The van der Waals surface area contributed by atoms with Crippen LogP contribution >= 0.6 is 0 Å². The summed E-state index contributed by atoms with van der Waals surface area (Å²) in [5.74, 6) is -2.05. The molecule has 0 saturated heterocycles. The van der Waals surface area contributed by atoms with Gasteiger partial charge >= 0.3 is 5.97 Å². The number of hydrogen-bond acceptors (Lipinski definition) is 4. The number of hydrogen-bond donors (Lipinski definition) is 4. The van der Waals surface area contributed by atoms with Crippen molar-refractivity contribution in [1.82, 2.24) is 10.6 Å². The third-order valence-corrected chi connectivity index (χ3v) is 2.55. The van der Waals surface area contributed by atoms with E-state index in [0.29, 0.717) is 19.4 Å². The summed E-state index contributed by atoms with van der Waals surface area (Å²) in [6.45, 7) is 3.72. The molecule has 7 heteroatoms. The SMILES string of the molecule is CC(C)[C@H](NC(=O)CNC(=O)CCCCN)C(=O)O. The first-order valence-electron chi connectivity index (χ1n) is 6.37. The van der Waals surface area contributed by atoms with E-state index in [1.807, 2.05) is 0 Å². The van der Waals surface area contributed by atoms with Gasteiger partial charge in [-0.25, -0.2) is 4.79 Å². The molecule has 0 aliphatic carbocycles. The lowest BCUT2D eigenvalue weighted by Crippen LogP contribution is -2.48. The second-order valence-corrected chi connectivity index (χ2v) is 4.65. The van der Waals surface area contributed by atoms with Crippen molar-refractivity contribution in [2.24, 2.45) is 11.7 Å². The molecule has 0 aliphatic heterocycles. The van der Waals surface area contributed by atoms with Gasteiger partial charge in [-0.1, -0.05) is 13.8 Å². The molecule has 5 N–H and O–H groups in total. The average molecular weight is 273 g/mol. The summed E-state index contributed by atoms with van der Waals surface area (Å²) in [6, 6.07) is -0.943. The second-order valence-electron chi connectivity index (χ2n) is 4.65. The van der Waals surface area contributed by atoms with Crippen LogP contribution in [0.4, 0.5) is 0 Å². The maximum atomic E-state index is 11.5. The molecule has 0 aromatic rings. The number of aliphatic carboxylic acids is 1. The monoisotopic (exact) mass is 273 g/mol. The summed E-state index contributed by atoms with van der Waals surface area (Å²) in [6.07, 6.45) is 1.75. The van der Waals surface area contributed by atoms with E-state index in [-0.39, 0.29) is 18.4 Å². The smallest absolute Gasteiger partial charge is 0.326 e. The Labute approximate surface area is 112 Å². The molecule has 0 saturated carbocycles. The number of unbranched alkanes of at least 4 members (excludes halogenated alkanes) is 1. The number of carbonyl (C=O) groups is 3. The van der Waals surface area contributed by atoms with Crippen LogP contribution in [0.15, 0.2) is 0 Å². The molecule has 19 heavy (non-hydrogen) atoms. The van der Waals surface area contributed by atoms with Gasteiger partial charge in [0.15, 0.2) is 0 Å². The first-order chi connectivity index (χ1) is 8.88. The minimum atomic E-state index is -1.09. The fraction of sp³-hybridized carbons (Fsp3) is 0.750. The Morgan fingerprint density at radius 1 is 1.16 bits per heavy atom. The minimum Gasteiger partial charge on any atom is -0.480 e. The van der Waals surface area contributed by atoms with Crippen LogP contribution in [0.2, 0.25) is 0 Å². The highest BCUT2D eigenvalue weighted by Gasteiger charge is 2.23. The lowest BCUT2D eigenvalue weighted by atomic mass is 10.1. The van der Waals surface area contributed by atoms with Crippen molar-refractivity contribution in [2.75, 3.05) is 13.1 Å². The summed E-state index contributed by atoms with van der Waals surface area (Å²) in [5.41, 5.74) is 5.30. The topological polar surface area (TPSA) is 122 Å².